The summed E-state index contributed by atoms with van der Waals surface area (Å²) >= 11 is 0. The molecule has 1 aromatic heterocycles. The first-order valence-corrected chi connectivity index (χ1v) is 9.59. The van der Waals surface area contributed by atoms with Gasteiger partial charge in [0.15, 0.2) is 11.5 Å². The van der Waals surface area contributed by atoms with E-state index in [-0.39, 0.29) is 12.4 Å². The van der Waals surface area contributed by atoms with Crippen LogP contribution in [-0.2, 0) is 17.7 Å². The lowest BCUT2D eigenvalue weighted by Gasteiger charge is -2.31. The maximum atomic E-state index is 5.78. The summed E-state index contributed by atoms with van der Waals surface area (Å²) in [7, 11) is 4.93. The molecule has 0 unspecified atom stereocenters. The van der Waals surface area contributed by atoms with E-state index >= 15 is 0 Å². The second-order valence-electron chi connectivity index (χ2n) is 6.90. The van der Waals surface area contributed by atoms with Crippen molar-refractivity contribution in [3.63, 3.8) is 0 Å². The molecule has 0 radical (unpaired) electrons. The number of rotatable bonds is 7. The van der Waals surface area contributed by atoms with Crippen LogP contribution >= 0.6 is 12.4 Å². The molecule has 4 rings (SSSR count). The van der Waals surface area contributed by atoms with Crippen molar-refractivity contribution < 1.29 is 18.9 Å². The molecule has 8 heteroatoms. The molecule has 1 aliphatic heterocycles. The fourth-order valence-electron chi connectivity index (χ4n) is 3.70. The average molecular weight is 432 g/mol. The quantitative estimate of drug-likeness (QED) is 0.529. The highest BCUT2D eigenvalue weighted by molar-refractivity contribution is 5.93. The van der Waals surface area contributed by atoms with E-state index in [2.05, 4.69) is 27.2 Å². The number of hydrogen-bond acceptors (Lipinski definition) is 7. The second kappa shape index (κ2) is 9.82. The van der Waals surface area contributed by atoms with Crippen LogP contribution in [0.3, 0.4) is 0 Å². The third-order valence-corrected chi connectivity index (χ3v) is 5.21. The van der Waals surface area contributed by atoms with Crippen molar-refractivity contribution in [1.29, 1.82) is 0 Å². The number of anilines is 1. The first-order chi connectivity index (χ1) is 14.2. The molecule has 160 valence electrons. The summed E-state index contributed by atoms with van der Waals surface area (Å²) in [6, 6.07) is 10.1. The van der Waals surface area contributed by atoms with Gasteiger partial charge in [0.25, 0.3) is 0 Å². The Kier molecular flexibility index (Phi) is 7.18. The van der Waals surface area contributed by atoms with Crippen molar-refractivity contribution in [2.24, 2.45) is 0 Å². The fourth-order valence-corrected chi connectivity index (χ4v) is 3.70. The summed E-state index contributed by atoms with van der Waals surface area (Å²) in [5.74, 6) is 2.19. The van der Waals surface area contributed by atoms with E-state index in [9.17, 15) is 0 Å². The lowest BCUT2D eigenvalue weighted by atomic mass is 9.98. The van der Waals surface area contributed by atoms with Crippen molar-refractivity contribution in [3.05, 3.63) is 47.7 Å². The number of hydrogen-bond donors (Lipinski definition) is 0. The van der Waals surface area contributed by atoms with Crippen LogP contribution in [0, 0.1) is 0 Å². The number of fused-ring (bicyclic) bond motifs is 2. The lowest BCUT2D eigenvalue weighted by molar-refractivity contribution is 0.146. The molecule has 7 nitrogen and oxygen atoms in total. The van der Waals surface area contributed by atoms with Gasteiger partial charge in [-0.2, -0.15) is 10.2 Å². The van der Waals surface area contributed by atoms with Crippen LogP contribution in [0.5, 0.6) is 17.2 Å². The molecule has 3 aromatic rings. The van der Waals surface area contributed by atoms with Gasteiger partial charge in [0.2, 0.25) is 0 Å². The zero-order valence-electron chi connectivity index (χ0n) is 17.4. The highest BCUT2D eigenvalue weighted by Crippen LogP contribution is 2.36. The van der Waals surface area contributed by atoms with Gasteiger partial charge in [-0.05, 0) is 35.7 Å². The van der Waals surface area contributed by atoms with E-state index < -0.39 is 0 Å². The Bertz CT molecular complexity index is 1020. The SMILES string of the molecule is COCCOc1ccc2c(c1)CN(c1cnnc3cc(OC)c(OC)cc13)CC2.Cl. The molecule has 0 fully saturated rings. The Labute approximate surface area is 182 Å². The zero-order valence-corrected chi connectivity index (χ0v) is 18.2. The molecule has 0 bridgehead atoms. The average Bonchev–Trinajstić information content (AvgIpc) is 2.77. The molecule has 0 atom stereocenters. The Balaban J connectivity index is 0.00000256. The number of benzene rings is 2. The summed E-state index contributed by atoms with van der Waals surface area (Å²) in [5.41, 5.74) is 4.43. The predicted octanol–water partition coefficient (Wildman–Crippen LogP) is 3.66. The van der Waals surface area contributed by atoms with Crippen LogP contribution in [0.25, 0.3) is 10.9 Å². The van der Waals surface area contributed by atoms with Crippen LogP contribution in [0.15, 0.2) is 36.5 Å². The van der Waals surface area contributed by atoms with E-state index in [4.69, 9.17) is 18.9 Å². The van der Waals surface area contributed by atoms with Gasteiger partial charge in [0.05, 0.1) is 38.2 Å². The Morgan fingerprint density at radius 1 is 0.967 bits per heavy atom. The van der Waals surface area contributed by atoms with Crippen LogP contribution in [0.2, 0.25) is 0 Å². The summed E-state index contributed by atoms with van der Waals surface area (Å²) in [6.07, 6.45) is 2.78. The van der Waals surface area contributed by atoms with Crippen molar-refractivity contribution >= 4 is 29.0 Å². The Morgan fingerprint density at radius 2 is 1.77 bits per heavy atom. The molecule has 0 aliphatic carbocycles. The van der Waals surface area contributed by atoms with E-state index in [0.717, 1.165) is 41.9 Å². The molecule has 2 heterocycles. The van der Waals surface area contributed by atoms with E-state index in [0.29, 0.717) is 24.7 Å². The normalized spacial score (nSPS) is 12.8. The number of aromatic nitrogens is 2. The molecular weight excluding hydrogens is 406 g/mol. The molecule has 0 N–H and O–H groups in total. The maximum Gasteiger partial charge on any atom is 0.162 e. The van der Waals surface area contributed by atoms with Crippen LogP contribution in [0.4, 0.5) is 5.69 Å². The molecule has 0 amide bonds. The minimum atomic E-state index is 0. The largest absolute Gasteiger partial charge is 0.493 e. The van der Waals surface area contributed by atoms with E-state index in [1.807, 2.05) is 24.4 Å². The topological polar surface area (TPSA) is 65.9 Å². The Morgan fingerprint density at radius 3 is 2.53 bits per heavy atom. The van der Waals surface area contributed by atoms with Gasteiger partial charge in [0.1, 0.15) is 12.4 Å². The second-order valence-corrected chi connectivity index (χ2v) is 6.90. The Hall–Kier alpha value is -2.77. The minimum absolute atomic E-state index is 0. The first-order valence-electron chi connectivity index (χ1n) is 9.59. The number of nitrogens with zero attached hydrogens (tertiary/aromatic N) is 3. The third kappa shape index (κ3) is 4.37. The fraction of sp³-hybridized carbons (Fsp3) is 0.364. The minimum Gasteiger partial charge on any atom is -0.493 e. The molecule has 30 heavy (non-hydrogen) atoms. The zero-order chi connectivity index (χ0) is 20.2. The number of halogens is 1. The highest BCUT2D eigenvalue weighted by Gasteiger charge is 2.20. The van der Waals surface area contributed by atoms with Crippen molar-refractivity contribution in [2.45, 2.75) is 13.0 Å². The lowest BCUT2D eigenvalue weighted by Crippen LogP contribution is -2.30. The monoisotopic (exact) mass is 431 g/mol. The summed E-state index contributed by atoms with van der Waals surface area (Å²) in [5, 5.41) is 9.49. The van der Waals surface area contributed by atoms with Crippen LogP contribution in [-0.4, -0.2) is 51.3 Å². The molecule has 2 aromatic carbocycles. The van der Waals surface area contributed by atoms with Crippen LogP contribution < -0.4 is 19.1 Å². The summed E-state index contributed by atoms with van der Waals surface area (Å²) in [6.45, 7) is 2.81. The van der Waals surface area contributed by atoms with Crippen molar-refractivity contribution in [1.82, 2.24) is 10.2 Å². The molecule has 1 aliphatic rings. The molecular formula is C22H26ClN3O4. The van der Waals surface area contributed by atoms with Gasteiger partial charge < -0.3 is 23.8 Å². The van der Waals surface area contributed by atoms with Crippen molar-refractivity contribution in [3.8, 4) is 17.2 Å². The maximum absolute atomic E-state index is 5.78. The third-order valence-electron chi connectivity index (χ3n) is 5.21. The van der Waals surface area contributed by atoms with Crippen molar-refractivity contribution in [2.75, 3.05) is 46.0 Å². The van der Waals surface area contributed by atoms with Gasteiger partial charge in [-0.15, -0.1) is 12.4 Å². The van der Waals surface area contributed by atoms with Gasteiger partial charge in [-0.25, -0.2) is 0 Å². The standard InChI is InChI=1S/C22H25N3O4.ClH/c1-26-8-9-29-17-5-4-15-6-7-25(14-16(15)10-17)20-13-23-24-19-12-22(28-3)21(27-2)11-18(19)20;/h4-5,10-13H,6-9,14H2,1-3H3;1H. The van der Waals surface area contributed by atoms with E-state index in [1.54, 1.807) is 21.3 Å². The van der Waals surface area contributed by atoms with Crippen LogP contribution in [0.1, 0.15) is 11.1 Å². The predicted molar refractivity (Wildman–Crippen MR) is 118 cm³/mol. The number of methoxy groups -OCH3 is 3. The summed E-state index contributed by atoms with van der Waals surface area (Å²) in [4.78, 5) is 2.32. The first kappa shape index (κ1) is 21.9. The van der Waals surface area contributed by atoms with Gasteiger partial charge in [0, 0.05) is 31.7 Å². The molecule has 0 spiro atoms. The van der Waals surface area contributed by atoms with Gasteiger partial charge in [-0.1, -0.05) is 6.07 Å². The van der Waals surface area contributed by atoms with Gasteiger partial charge in [-0.3, -0.25) is 0 Å². The smallest absolute Gasteiger partial charge is 0.162 e. The van der Waals surface area contributed by atoms with Gasteiger partial charge >= 0.3 is 0 Å². The molecule has 0 saturated heterocycles. The van der Waals surface area contributed by atoms with E-state index in [1.165, 1.54) is 11.1 Å². The highest BCUT2D eigenvalue weighted by atomic mass is 35.5. The number of ether oxygens (including phenoxy) is 4. The summed E-state index contributed by atoms with van der Waals surface area (Å²) < 4.78 is 21.7. The molecule has 0 saturated carbocycles.